The standard InChI is InChI=1S/C17H16Cl2N2O2/c1-9-14(18)16(15(19)10(2)20-9)23-13-8-7-11-5-3-4-6-12(11)21-17(13)22/h3-6,13H,7-8H2,1-2H3,(H,21,22). The molecule has 23 heavy (non-hydrogen) atoms. The molecule has 1 aliphatic rings. The maximum Gasteiger partial charge on any atom is 0.265 e. The minimum absolute atomic E-state index is 0.200. The topological polar surface area (TPSA) is 51.2 Å². The Morgan fingerprint density at radius 3 is 2.52 bits per heavy atom. The number of aryl methyl sites for hydroxylation is 3. The van der Waals surface area contributed by atoms with E-state index in [2.05, 4.69) is 10.3 Å². The number of hydrogen-bond donors (Lipinski definition) is 1. The third-order valence-electron chi connectivity index (χ3n) is 3.87. The normalized spacial score (nSPS) is 17.2. The number of benzene rings is 1. The molecule has 1 aliphatic heterocycles. The Kier molecular flexibility index (Phi) is 4.46. The third kappa shape index (κ3) is 3.14. The summed E-state index contributed by atoms with van der Waals surface area (Å²) < 4.78 is 5.89. The minimum atomic E-state index is -0.654. The van der Waals surface area contributed by atoms with Crippen LogP contribution < -0.4 is 10.1 Å². The minimum Gasteiger partial charge on any atom is -0.477 e. The van der Waals surface area contributed by atoms with Crippen molar-refractivity contribution in [3.05, 3.63) is 51.3 Å². The Bertz CT molecular complexity index is 751. The quantitative estimate of drug-likeness (QED) is 0.876. The van der Waals surface area contributed by atoms with E-state index >= 15 is 0 Å². The zero-order valence-electron chi connectivity index (χ0n) is 12.8. The fourth-order valence-corrected chi connectivity index (χ4v) is 3.03. The number of amides is 1. The van der Waals surface area contributed by atoms with Crippen LogP contribution in [-0.2, 0) is 11.2 Å². The molecule has 1 atom stereocenters. The summed E-state index contributed by atoms with van der Waals surface area (Å²) in [5, 5.41) is 3.58. The lowest BCUT2D eigenvalue weighted by atomic mass is 10.1. The summed E-state index contributed by atoms with van der Waals surface area (Å²) in [7, 11) is 0. The van der Waals surface area contributed by atoms with Gasteiger partial charge < -0.3 is 10.1 Å². The third-order valence-corrected chi connectivity index (χ3v) is 4.76. The van der Waals surface area contributed by atoms with Crippen LogP contribution in [0.4, 0.5) is 5.69 Å². The number of ether oxygens (including phenoxy) is 1. The second-order valence-corrected chi connectivity index (χ2v) is 6.29. The molecular weight excluding hydrogens is 335 g/mol. The summed E-state index contributed by atoms with van der Waals surface area (Å²) in [4.78, 5) is 16.7. The van der Waals surface area contributed by atoms with E-state index in [1.54, 1.807) is 13.8 Å². The number of anilines is 1. The first kappa shape index (κ1) is 16.1. The van der Waals surface area contributed by atoms with Crippen molar-refractivity contribution < 1.29 is 9.53 Å². The largest absolute Gasteiger partial charge is 0.477 e. The van der Waals surface area contributed by atoms with Crippen LogP contribution in [-0.4, -0.2) is 17.0 Å². The highest BCUT2D eigenvalue weighted by atomic mass is 35.5. The van der Waals surface area contributed by atoms with Crippen molar-refractivity contribution in [2.45, 2.75) is 32.8 Å². The van der Waals surface area contributed by atoms with E-state index in [1.807, 2.05) is 24.3 Å². The van der Waals surface area contributed by atoms with Gasteiger partial charge in [-0.2, -0.15) is 0 Å². The second-order valence-electron chi connectivity index (χ2n) is 5.53. The molecule has 1 aromatic heterocycles. The Hall–Kier alpha value is -1.78. The highest BCUT2D eigenvalue weighted by Gasteiger charge is 2.27. The number of aromatic nitrogens is 1. The number of hydrogen-bond acceptors (Lipinski definition) is 3. The average Bonchev–Trinajstić information content (AvgIpc) is 2.68. The number of rotatable bonds is 2. The molecule has 0 spiro atoms. The molecule has 6 heteroatoms. The molecule has 1 N–H and O–H groups in total. The van der Waals surface area contributed by atoms with Gasteiger partial charge in [-0.05, 0) is 38.3 Å². The number of pyridine rings is 1. The number of fused-ring (bicyclic) bond motifs is 1. The van der Waals surface area contributed by atoms with Crippen LogP contribution in [0.3, 0.4) is 0 Å². The molecule has 3 rings (SSSR count). The first-order valence-electron chi connectivity index (χ1n) is 7.35. The monoisotopic (exact) mass is 350 g/mol. The van der Waals surface area contributed by atoms with E-state index in [0.29, 0.717) is 33.6 Å². The molecule has 120 valence electrons. The van der Waals surface area contributed by atoms with Gasteiger partial charge in [0, 0.05) is 5.69 Å². The van der Waals surface area contributed by atoms with Gasteiger partial charge in [-0.25, -0.2) is 0 Å². The lowest BCUT2D eigenvalue weighted by molar-refractivity contribution is -0.122. The van der Waals surface area contributed by atoms with Crippen LogP contribution in [0.2, 0.25) is 10.0 Å². The number of carbonyl (C=O) groups excluding carboxylic acids is 1. The maximum absolute atomic E-state index is 12.4. The smallest absolute Gasteiger partial charge is 0.265 e. The Morgan fingerprint density at radius 2 is 1.83 bits per heavy atom. The molecule has 2 aromatic rings. The molecule has 0 saturated heterocycles. The van der Waals surface area contributed by atoms with Gasteiger partial charge in [0.25, 0.3) is 5.91 Å². The van der Waals surface area contributed by atoms with E-state index in [1.165, 1.54) is 0 Å². The van der Waals surface area contributed by atoms with Gasteiger partial charge in [0.05, 0.1) is 11.4 Å². The predicted molar refractivity (Wildman–Crippen MR) is 91.5 cm³/mol. The number of nitrogens with one attached hydrogen (secondary N) is 1. The zero-order valence-corrected chi connectivity index (χ0v) is 14.3. The number of para-hydroxylation sites is 1. The summed E-state index contributed by atoms with van der Waals surface area (Å²) in [6.45, 7) is 3.56. The van der Waals surface area contributed by atoms with Gasteiger partial charge >= 0.3 is 0 Å². The lowest BCUT2D eigenvalue weighted by Crippen LogP contribution is -2.32. The summed E-state index contributed by atoms with van der Waals surface area (Å²) in [5.74, 6) is 0.124. The molecule has 1 aromatic carbocycles. The number of halogens is 2. The van der Waals surface area contributed by atoms with Crippen LogP contribution in [0.1, 0.15) is 23.4 Å². The van der Waals surface area contributed by atoms with Crippen LogP contribution in [0.15, 0.2) is 24.3 Å². The molecular formula is C17H16Cl2N2O2. The van der Waals surface area contributed by atoms with E-state index in [9.17, 15) is 4.79 Å². The fourth-order valence-electron chi connectivity index (χ4n) is 2.62. The summed E-state index contributed by atoms with van der Waals surface area (Å²) in [6, 6.07) is 7.73. The summed E-state index contributed by atoms with van der Waals surface area (Å²) in [6.07, 6.45) is 0.631. The summed E-state index contributed by atoms with van der Waals surface area (Å²) >= 11 is 12.5. The van der Waals surface area contributed by atoms with E-state index < -0.39 is 6.10 Å². The van der Waals surface area contributed by atoms with Crippen molar-refractivity contribution >= 4 is 34.8 Å². The molecule has 0 aliphatic carbocycles. The highest BCUT2D eigenvalue weighted by Crippen LogP contribution is 2.37. The second kappa shape index (κ2) is 6.38. The Labute approximate surface area is 144 Å². The average molecular weight is 351 g/mol. The maximum atomic E-state index is 12.4. The first-order chi connectivity index (χ1) is 11.0. The van der Waals surface area contributed by atoms with E-state index in [0.717, 1.165) is 17.7 Å². The van der Waals surface area contributed by atoms with E-state index in [-0.39, 0.29) is 5.91 Å². The number of carbonyl (C=O) groups is 1. The van der Waals surface area contributed by atoms with Gasteiger partial charge in [0.15, 0.2) is 11.9 Å². The van der Waals surface area contributed by atoms with E-state index in [4.69, 9.17) is 27.9 Å². The van der Waals surface area contributed by atoms with Gasteiger partial charge in [-0.1, -0.05) is 41.4 Å². The SMILES string of the molecule is Cc1nc(C)c(Cl)c(OC2CCc3ccccc3NC2=O)c1Cl. The molecule has 0 fully saturated rings. The Balaban J connectivity index is 1.89. The van der Waals surface area contributed by atoms with Crippen molar-refractivity contribution in [3.63, 3.8) is 0 Å². The van der Waals surface area contributed by atoms with Gasteiger partial charge in [-0.15, -0.1) is 0 Å². The predicted octanol–water partition coefficient (Wildman–Crippen LogP) is 4.34. The molecule has 0 radical (unpaired) electrons. The fraction of sp³-hybridized carbons (Fsp3) is 0.294. The summed E-state index contributed by atoms with van der Waals surface area (Å²) in [5.41, 5.74) is 3.16. The van der Waals surface area contributed by atoms with Crippen molar-refractivity contribution in [1.82, 2.24) is 4.98 Å². The van der Waals surface area contributed by atoms with Crippen LogP contribution in [0.25, 0.3) is 0 Å². The molecule has 0 bridgehead atoms. The van der Waals surface area contributed by atoms with Gasteiger partial charge in [0.1, 0.15) is 10.0 Å². The number of nitrogens with zero attached hydrogens (tertiary/aromatic N) is 1. The zero-order chi connectivity index (χ0) is 16.6. The molecule has 4 nitrogen and oxygen atoms in total. The van der Waals surface area contributed by atoms with Crippen molar-refractivity contribution in [3.8, 4) is 5.75 Å². The molecule has 2 heterocycles. The first-order valence-corrected chi connectivity index (χ1v) is 8.10. The molecule has 0 saturated carbocycles. The van der Waals surface area contributed by atoms with Crippen LogP contribution in [0.5, 0.6) is 5.75 Å². The van der Waals surface area contributed by atoms with Crippen molar-refractivity contribution in [2.75, 3.05) is 5.32 Å². The lowest BCUT2D eigenvalue weighted by Gasteiger charge is -2.19. The van der Waals surface area contributed by atoms with Crippen LogP contribution >= 0.6 is 23.2 Å². The molecule has 1 unspecified atom stereocenters. The molecule has 1 amide bonds. The van der Waals surface area contributed by atoms with Gasteiger partial charge in [-0.3, -0.25) is 9.78 Å². The highest BCUT2D eigenvalue weighted by molar-refractivity contribution is 6.37. The van der Waals surface area contributed by atoms with Crippen molar-refractivity contribution in [1.29, 1.82) is 0 Å². The van der Waals surface area contributed by atoms with Crippen LogP contribution in [0, 0.1) is 13.8 Å². The van der Waals surface area contributed by atoms with Crippen molar-refractivity contribution in [2.24, 2.45) is 0 Å². The van der Waals surface area contributed by atoms with Gasteiger partial charge in [0.2, 0.25) is 0 Å². The Morgan fingerprint density at radius 1 is 1.17 bits per heavy atom.